The molecular weight excluding hydrogens is 270 g/mol. The first-order valence-corrected chi connectivity index (χ1v) is 5.82. The molecule has 1 aromatic carbocycles. The quantitative estimate of drug-likeness (QED) is 0.934. The highest BCUT2D eigenvalue weighted by Gasteiger charge is 2.10. The SMILES string of the molecule is CNCCc1nc(-c2ccccc2Br)no1. The minimum absolute atomic E-state index is 0.624. The number of rotatable bonds is 4. The fourth-order valence-corrected chi connectivity index (χ4v) is 1.80. The van der Waals surface area contributed by atoms with Gasteiger partial charge in [0.1, 0.15) is 0 Å². The third-order valence-electron chi connectivity index (χ3n) is 2.17. The average Bonchev–Trinajstić information content (AvgIpc) is 2.75. The lowest BCUT2D eigenvalue weighted by Gasteiger charge is -1.96. The molecule has 2 rings (SSSR count). The van der Waals surface area contributed by atoms with E-state index in [0.29, 0.717) is 11.7 Å². The minimum Gasteiger partial charge on any atom is -0.339 e. The molecule has 0 saturated carbocycles. The van der Waals surface area contributed by atoms with E-state index in [2.05, 4.69) is 31.4 Å². The van der Waals surface area contributed by atoms with E-state index in [1.54, 1.807) is 0 Å². The Balaban J connectivity index is 2.22. The Kier molecular flexibility index (Phi) is 3.69. The van der Waals surface area contributed by atoms with Gasteiger partial charge in [0.15, 0.2) is 0 Å². The molecule has 0 saturated heterocycles. The molecule has 84 valence electrons. The van der Waals surface area contributed by atoms with Crippen LogP contribution in [-0.4, -0.2) is 23.7 Å². The molecule has 0 radical (unpaired) electrons. The average molecular weight is 282 g/mol. The van der Waals surface area contributed by atoms with Crippen LogP contribution in [-0.2, 0) is 6.42 Å². The van der Waals surface area contributed by atoms with Gasteiger partial charge in [-0.3, -0.25) is 0 Å². The Morgan fingerprint density at radius 2 is 2.19 bits per heavy atom. The highest BCUT2D eigenvalue weighted by Crippen LogP contribution is 2.25. The number of hydrogen-bond acceptors (Lipinski definition) is 4. The van der Waals surface area contributed by atoms with E-state index in [9.17, 15) is 0 Å². The predicted octanol–water partition coefficient (Wildman–Crippen LogP) is 2.26. The van der Waals surface area contributed by atoms with Crippen molar-refractivity contribution in [3.05, 3.63) is 34.6 Å². The standard InChI is InChI=1S/C11H12BrN3O/c1-13-7-6-10-14-11(15-16-10)8-4-2-3-5-9(8)12/h2-5,13H,6-7H2,1H3. The summed E-state index contributed by atoms with van der Waals surface area (Å²) in [6, 6.07) is 7.81. The second-order valence-corrected chi connectivity index (χ2v) is 4.20. The van der Waals surface area contributed by atoms with Crippen LogP contribution in [0.5, 0.6) is 0 Å². The number of hydrogen-bond donors (Lipinski definition) is 1. The summed E-state index contributed by atoms with van der Waals surface area (Å²) in [5, 5.41) is 7.00. The maximum Gasteiger partial charge on any atom is 0.228 e. The number of halogens is 1. The molecule has 0 amide bonds. The first-order valence-electron chi connectivity index (χ1n) is 5.03. The molecule has 1 heterocycles. The van der Waals surface area contributed by atoms with Gasteiger partial charge in [-0.25, -0.2) is 0 Å². The number of nitrogens with zero attached hydrogens (tertiary/aromatic N) is 2. The molecule has 4 nitrogen and oxygen atoms in total. The highest BCUT2D eigenvalue weighted by molar-refractivity contribution is 9.10. The van der Waals surface area contributed by atoms with Gasteiger partial charge in [0.2, 0.25) is 11.7 Å². The Morgan fingerprint density at radius 3 is 2.94 bits per heavy atom. The Labute approximate surface area is 102 Å². The van der Waals surface area contributed by atoms with Crippen LogP contribution in [0.15, 0.2) is 33.3 Å². The van der Waals surface area contributed by atoms with Crippen molar-refractivity contribution in [2.45, 2.75) is 6.42 Å². The number of likely N-dealkylation sites (N-methyl/N-ethyl adjacent to an activating group) is 1. The normalized spacial score (nSPS) is 10.6. The Bertz CT molecular complexity index is 470. The van der Waals surface area contributed by atoms with Gasteiger partial charge >= 0.3 is 0 Å². The fraction of sp³-hybridized carbons (Fsp3) is 0.273. The van der Waals surface area contributed by atoms with Crippen molar-refractivity contribution in [1.29, 1.82) is 0 Å². The number of benzene rings is 1. The number of aromatic nitrogens is 2. The minimum atomic E-state index is 0.624. The maximum absolute atomic E-state index is 5.15. The summed E-state index contributed by atoms with van der Waals surface area (Å²) in [6.07, 6.45) is 0.744. The molecule has 0 aliphatic rings. The largest absolute Gasteiger partial charge is 0.339 e. The second-order valence-electron chi connectivity index (χ2n) is 3.35. The lowest BCUT2D eigenvalue weighted by atomic mass is 10.2. The molecule has 5 heteroatoms. The van der Waals surface area contributed by atoms with E-state index in [-0.39, 0.29) is 0 Å². The van der Waals surface area contributed by atoms with Gasteiger partial charge < -0.3 is 9.84 Å². The van der Waals surface area contributed by atoms with Crippen molar-refractivity contribution < 1.29 is 4.52 Å². The third-order valence-corrected chi connectivity index (χ3v) is 2.86. The van der Waals surface area contributed by atoms with E-state index in [0.717, 1.165) is 23.0 Å². The van der Waals surface area contributed by atoms with Crippen LogP contribution in [0.4, 0.5) is 0 Å². The molecule has 0 aliphatic carbocycles. The summed E-state index contributed by atoms with van der Waals surface area (Å²) in [5.74, 6) is 1.28. The maximum atomic E-state index is 5.15. The van der Waals surface area contributed by atoms with Gasteiger partial charge in [0.25, 0.3) is 0 Å². The molecule has 1 aromatic heterocycles. The van der Waals surface area contributed by atoms with E-state index in [4.69, 9.17) is 4.52 Å². The Hall–Kier alpha value is -1.20. The first-order chi connectivity index (χ1) is 7.81. The van der Waals surface area contributed by atoms with E-state index in [1.807, 2.05) is 31.3 Å². The molecule has 0 aliphatic heterocycles. The summed E-state index contributed by atoms with van der Waals surface area (Å²) in [6.45, 7) is 0.831. The van der Waals surface area contributed by atoms with Crippen molar-refractivity contribution in [1.82, 2.24) is 15.5 Å². The zero-order valence-electron chi connectivity index (χ0n) is 8.90. The Morgan fingerprint density at radius 1 is 1.38 bits per heavy atom. The summed E-state index contributed by atoms with van der Waals surface area (Å²) in [7, 11) is 1.89. The van der Waals surface area contributed by atoms with Crippen LogP contribution < -0.4 is 5.32 Å². The van der Waals surface area contributed by atoms with Crippen LogP contribution in [0.1, 0.15) is 5.89 Å². The molecule has 0 fully saturated rings. The molecule has 0 spiro atoms. The van der Waals surface area contributed by atoms with Gasteiger partial charge in [0, 0.05) is 23.0 Å². The summed E-state index contributed by atoms with van der Waals surface area (Å²) in [4.78, 5) is 4.33. The first kappa shape index (κ1) is 11.3. The van der Waals surface area contributed by atoms with Crippen LogP contribution in [0, 0.1) is 0 Å². The zero-order valence-corrected chi connectivity index (χ0v) is 10.5. The van der Waals surface area contributed by atoms with E-state index < -0.39 is 0 Å². The smallest absolute Gasteiger partial charge is 0.228 e. The molecule has 1 N–H and O–H groups in total. The third kappa shape index (κ3) is 2.48. The summed E-state index contributed by atoms with van der Waals surface area (Å²) < 4.78 is 6.12. The van der Waals surface area contributed by atoms with Crippen LogP contribution >= 0.6 is 15.9 Å². The van der Waals surface area contributed by atoms with Gasteiger partial charge in [-0.15, -0.1) is 0 Å². The summed E-state index contributed by atoms with van der Waals surface area (Å²) in [5.41, 5.74) is 0.946. The summed E-state index contributed by atoms with van der Waals surface area (Å²) >= 11 is 3.46. The molecule has 2 aromatic rings. The molecule has 0 atom stereocenters. The predicted molar refractivity (Wildman–Crippen MR) is 65.1 cm³/mol. The molecule has 16 heavy (non-hydrogen) atoms. The van der Waals surface area contributed by atoms with Crippen LogP contribution in [0.3, 0.4) is 0 Å². The van der Waals surface area contributed by atoms with Crippen LogP contribution in [0.25, 0.3) is 11.4 Å². The second kappa shape index (κ2) is 5.23. The fourth-order valence-electron chi connectivity index (χ4n) is 1.34. The topological polar surface area (TPSA) is 51.0 Å². The van der Waals surface area contributed by atoms with Gasteiger partial charge in [-0.05, 0) is 19.2 Å². The van der Waals surface area contributed by atoms with Gasteiger partial charge in [-0.1, -0.05) is 33.2 Å². The monoisotopic (exact) mass is 281 g/mol. The van der Waals surface area contributed by atoms with Crippen molar-refractivity contribution in [3.8, 4) is 11.4 Å². The van der Waals surface area contributed by atoms with Crippen molar-refractivity contribution in [2.75, 3.05) is 13.6 Å². The van der Waals surface area contributed by atoms with Crippen molar-refractivity contribution in [2.24, 2.45) is 0 Å². The van der Waals surface area contributed by atoms with Gasteiger partial charge in [-0.2, -0.15) is 4.98 Å². The lowest BCUT2D eigenvalue weighted by molar-refractivity contribution is 0.377. The van der Waals surface area contributed by atoms with Crippen molar-refractivity contribution >= 4 is 15.9 Å². The molecule has 0 unspecified atom stereocenters. The molecular formula is C11H12BrN3O. The van der Waals surface area contributed by atoms with Gasteiger partial charge in [0.05, 0.1) is 0 Å². The lowest BCUT2D eigenvalue weighted by Crippen LogP contribution is -2.10. The van der Waals surface area contributed by atoms with Crippen LogP contribution in [0.2, 0.25) is 0 Å². The molecule has 0 bridgehead atoms. The van der Waals surface area contributed by atoms with E-state index >= 15 is 0 Å². The van der Waals surface area contributed by atoms with Crippen molar-refractivity contribution in [3.63, 3.8) is 0 Å². The zero-order chi connectivity index (χ0) is 11.4. The van der Waals surface area contributed by atoms with E-state index in [1.165, 1.54) is 0 Å². The number of nitrogens with one attached hydrogen (secondary N) is 1. The highest BCUT2D eigenvalue weighted by atomic mass is 79.9.